The van der Waals surface area contributed by atoms with E-state index < -0.39 is 0 Å². The molecule has 2 rings (SSSR count). The second-order valence-corrected chi connectivity index (χ2v) is 4.93. The molecule has 3 heteroatoms. The van der Waals surface area contributed by atoms with Gasteiger partial charge in [-0.3, -0.25) is 5.10 Å². The van der Waals surface area contributed by atoms with Gasteiger partial charge in [0.05, 0.1) is 5.69 Å². The molecule has 0 bridgehead atoms. The minimum Gasteiger partial charge on any atom is -0.306 e. The zero-order valence-corrected chi connectivity index (χ0v) is 11.3. The van der Waals surface area contributed by atoms with Crippen LogP contribution in [0.25, 0.3) is 0 Å². The van der Waals surface area contributed by atoms with E-state index >= 15 is 0 Å². The van der Waals surface area contributed by atoms with Crippen LogP contribution in [0.5, 0.6) is 0 Å². The normalized spacial score (nSPS) is 14.4. The summed E-state index contributed by atoms with van der Waals surface area (Å²) in [7, 11) is 0. The Kier molecular flexibility index (Phi) is 4.15. The third kappa shape index (κ3) is 3.20. The first-order chi connectivity index (χ1) is 8.66. The van der Waals surface area contributed by atoms with Crippen molar-refractivity contribution >= 4 is 0 Å². The SMILES string of the molecule is Cc1ccccc1CC(C)NC(C)c1ccn[nH]1. The molecule has 0 saturated carbocycles. The second kappa shape index (κ2) is 5.83. The summed E-state index contributed by atoms with van der Waals surface area (Å²) < 4.78 is 0. The lowest BCUT2D eigenvalue weighted by molar-refractivity contribution is 0.469. The van der Waals surface area contributed by atoms with E-state index in [2.05, 4.69) is 60.6 Å². The van der Waals surface area contributed by atoms with Gasteiger partial charge in [0.25, 0.3) is 0 Å². The van der Waals surface area contributed by atoms with Gasteiger partial charge in [-0.1, -0.05) is 24.3 Å². The Morgan fingerprint density at radius 3 is 2.67 bits per heavy atom. The molecule has 1 heterocycles. The molecule has 96 valence electrons. The van der Waals surface area contributed by atoms with Crippen molar-refractivity contribution in [2.75, 3.05) is 0 Å². The van der Waals surface area contributed by atoms with Crippen LogP contribution >= 0.6 is 0 Å². The molecule has 1 aromatic heterocycles. The molecule has 0 amide bonds. The number of rotatable bonds is 5. The third-order valence-corrected chi connectivity index (χ3v) is 3.31. The number of H-pyrrole nitrogens is 1. The van der Waals surface area contributed by atoms with E-state index in [9.17, 15) is 0 Å². The summed E-state index contributed by atoms with van der Waals surface area (Å²) in [4.78, 5) is 0. The molecule has 2 N–H and O–H groups in total. The number of nitrogens with zero attached hydrogens (tertiary/aromatic N) is 1. The average molecular weight is 243 g/mol. The van der Waals surface area contributed by atoms with Gasteiger partial charge in [-0.05, 0) is 44.4 Å². The lowest BCUT2D eigenvalue weighted by Crippen LogP contribution is -2.31. The maximum Gasteiger partial charge on any atom is 0.0518 e. The fraction of sp³-hybridized carbons (Fsp3) is 0.400. The third-order valence-electron chi connectivity index (χ3n) is 3.31. The van der Waals surface area contributed by atoms with Crippen molar-refractivity contribution < 1.29 is 0 Å². The Labute approximate surface area is 109 Å². The van der Waals surface area contributed by atoms with Crippen molar-refractivity contribution in [3.05, 3.63) is 53.3 Å². The first kappa shape index (κ1) is 12.8. The summed E-state index contributed by atoms with van der Waals surface area (Å²) in [6.45, 7) is 6.54. The zero-order chi connectivity index (χ0) is 13.0. The van der Waals surface area contributed by atoms with Crippen molar-refractivity contribution in [2.45, 2.75) is 39.3 Å². The van der Waals surface area contributed by atoms with E-state index in [-0.39, 0.29) is 0 Å². The molecule has 0 fully saturated rings. The van der Waals surface area contributed by atoms with Crippen LogP contribution < -0.4 is 5.32 Å². The molecule has 0 aliphatic heterocycles. The van der Waals surface area contributed by atoms with Crippen LogP contribution in [-0.2, 0) is 6.42 Å². The van der Waals surface area contributed by atoms with E-state index in [1.807, 2.05) is 6.07 Å². The van der Waals surface area contributed by atoms with E-state index in [1.54, 1.807) is 6.20 Å². The van der Waals surface area contributed by atoms with Gasteiger partial charge < -0.3 is 5.32 Å². The number of benzene rings is 1. The first-order valence-electron chi connectivity index (χ1n) is 6.46. The Morgan fingerprint density at radius 1 is 1.22 bits per heavy atom. The van der Waals surface area contributed by atoms with E-state index in [0.29, 0.717) is 12.1 Å². The molecular weight excluding hydrogens is 222 g/mol. The Bertz CT molecular complexity index is 476. The van der Waals surface area contributed by atoms with Crippen molar-refractivity contribution in [3.8, 4) is 0 Å². The number of aromatic amines is 1. The largest absolute Gasteiger partial charge is 0.306 e. The number of hydrogen-bond acceptors (Lipinski definition) is 2. The highest BCUT2D eigenvalue weighted by Gasteiger charge is 2.11. The van der Waals surface area contributed by atoms with Gasteiger partial charge in [0, 0.05) is 18.3 Å². The van der Waals surface area contributed by atoms with Crippen LogP contribution in [-0.4, -0.2) is 16.2 Å². The van der Waals surface area contributed by atoms with Crippen LogP contribution in [0.15, 0.2) is 36.5 Å². The van der Waals surface area contributed by atoms with E-state index in [4.69, 9.17) is 0 Å². The fourth-order valence-corrected chi connectivity index (χ4v) is 2.25. The number of aryl methyl sites for hydroxylation is 1. The Balaban J connectivity index is 1.93. The van der Waals surface area contributed by atoms with Gasteiger partial charge in [0.1, 0.15) is 0 Å². The molecular formula is C15H21N3. The lowest BCUT2D eigenvalue weighted by Gasteiger charge is -2.19. The molecule has 0 aliphatic rings. The van der Waals surface area contributed by atoms with Crippen molar-refractivity contribution in [2.24, 2.45) is 0 Å². The van der Waals surface area contributed by atoms with Crippen LogP contribution in [0.3, 0.4) is 0 Å². The lowest BCUT2D eigenvalue weighted by atomic mass is 10.0. The highest BCUT2D eigenvalue weighted by atomic mass is 15.1. The van der Waals surface area contributed by atoms with Gasteiger partial charge in [-0.15, -0.1) is 0 Å². The molecule has 18 heavy (non-hydrogen) atoms. The molecule has 1 aromatic carbocycles. The Morgan fingerprint density at radius 2 is 2.00 bits per heavy atom. The molecule has 0 spiro atoms. The minimum absolute atomic E-state index is 0.298. The van der Waals surface area contributed by atoms with Crippen molar-refractivity contribution in [1.82, 2.24) is 15.5 Å². The van der Waals surface area contributed by atoms with Crippen LogP contribution in [0.2, 0.25) is 0 Å². The van der Waals surface area contributed by atoms with Gasteiger partial charge >= 0.3 is 0 Å². The average Bonchev–Trinajstić information content (AvgIpc) is 2.85. The molecule has 2 unspecified atom stereocenters. The second-order valence-electron chi connectivity index (χ2n) is 4.93. The highest BCUT2D eigenvalue weighted by molar-refractivity contribution is 5.26. The zero-order valence-electron chi connectivity index (χ0n) is 11.3. The predicted octanol–water partition coefficient (Wildman–Crippen LogP) is 3.00. The predicted molar refractivity (Wildman–Crippen MR) is 74.5 cm³/mol. The fourth-order valence-electron chi connectivity index (χ4n) is 2.25. The van der Waals surface area contributed by atoms with Gasteiger partial charge in [0.15, 0.2) is 0 Å². The number of aromatic nitrogens is 2. The summed E-state index contributed by atoms with van der Waals surface area (Å²) in [6, 6.07) is 11.3. The molecule has 0 aliphatic carbocycles. The summed E-state index contributed by atoms with van der Waals surface area (Å²) in [5.41, 5.74) is 3.90. The molecule has 2 aromatic rings. The standard InChI is InChI=1S/C15H21N3/c1-11-6-4-5-7-14(11)10-12(2)17-13(3)15-8-9-16-18-15/h4-9,12-13,17H,10H2,1-3H3,(H,16,18). The summed E-state index contributed by atoms with van der Waals surface area (Å²) in [5.74, 6) is 0. The smallest absolute Gasteiger partial charge is 0.0518 e. The van der Waals surface area contributed by atoms with Crippen LogP contribution in [0.4, 0.5) is 0 Å². The summed E-state index contributed by atoms with van der Waals surface area (Å²) in [5, 5.41) is 10.6. The minimum atomic E-state index is 0.298. The highest BCUT2D eigenvalue weighted by Crippen LogP contribution is 2.13. The monoisotopic (exact) mass is 243 g/mol. The first-order valence-corrected chi connectivity index (χ1v) is 6.46. The van der Waals surface area contributed by atoms with Crippen LogP contribution in [0.1, 0.15) is 36.7 Å². The summed E-state index contributed by atoms with van der Waals surface area (Å²) in [6.07, 6.45) is 2.84. The molecule has 2 atom stereocenters. The van der Waals surface area contributed by atoms with Crippen molar-refractivity contribution in [3.63, 3.8) is 0 Å². The maximum atomic E-state index is 3.98. The van der Waals surface area contributed by atoms with Gasteiger partial charge in [0.2, 0.25) is 0 Å². The topological polar surface area (TPSA) is 40.7 Å². The quantitative estimate of drug-likeness (QED) is 0.847. The number of nitrogens with one attached hydrogen (secondary N) is 2. The molecule has 3 nitrogen and oxygen atoms in total. The molecule has 0 radical (unpaired) electrons. The maximum absolute atomic E-state index is 3.98. The van der Waals surface area contributed by atoms with Gasteiger partial charge in [-0.25, -0.2) is 0 Å². The Hall–Kier alpha value is -1.61. The van der Waals surface area contributed by atoms with E-state index in [0.717, 1.165) is 12.1 Å². The summed E-state index contributed by atoms with van der Waals surface area (Å²) >= 11 is 0. The van der Waals surface area contributed by atoms with Crippen molar-refractivity contribution in [1.29, 1.82) is 0 Å². The molecule has 0 saturated heterocycles. The van der Waals surface area contributed by atoms with Gasteiger partial charge in [-0.2, -0.15) is 5.10 Å². The van der Waals surface area contributed by atoms with E-state index in [1.165, 1.54) is 11.1 Å². The van der Waals surface area contributed by atoms with Crippen LogP contribution in [0, 0.1) is 6.92 Å². The number of hydrogen-bond donors (Lipinski definition) is 2.